The molecule has 4 heteroatoms. The number of hydrogen-bond donors (Lipinski definition) is 0. The molecule has 0 bridgehead atoms. The molecule has 16 heavy (non-hydrogen) atoms. The van der Waals surface area contributed by atoms with Crippen LogP contribution in [0.2, 0.25) is 0 Å². The highest BCUT2D eigenvalue weighted by atomic mass is 79.9. The monoisotopic (exact) mass is 281 g/mol. The number of aromatic nitrogens is 1. The maximum absolute atomic E-state index is 5.49. The van der Waals surface area contributed by atoms with E-state index in [4.69, 9.17) is 9.15 Å². The minimum atomic E-state index is 0.455. The van der Waals surface area contributed by atoms with E-state index in [-0.39, 0.29) is 0 Å². The van der Waals surface area contributed by atoms with Crippen LogP contribution in [0, 0.1) is 6.92 Å². The van der Waals surface area contributed by atoms with Gasteiger partial charge in [-0.15, -0.1) is 0 Å². The number of nitrogens with zero attached hydrogens (tertiary/aromatic N) is 1. The Kier molecular flexibility index (Phi) is 3.29. The predicted molar refractivity (Wildman–Crippen MR) is 65.5 cm³/mol. The van der Waals surface area contributed by atoms with E-state index in [2.05, 4.69) is 20.9 Å². The van der Waals surface area contributed by atoms with Gasteiger partial charge in [-0.25, -0.2) is 4.98 Å². The van der Waals surface area contributed by atoms with Crippen molar-refractivity contribution in [3.8, 4) is 17.4 Å². The molecule has 1 heterocycles. The van der Waals surface area contributed by atoms with Gasteiger partial charge in [0.05, 0.1) is 6.61 Å². The molecule has 0 saturated heterocycles. The largest absolute Gasteiger partial charge is 0.464 e. The molecule has 0 N–H and O–H groups in total. The van der Waals surface area contributed by atoms with E-state index >= 15 is 0 Å². The molecule has 0 aliphatic heterocycles. The Labute approximate surface area is 103 Å². The third-order valence-electron chi connectivity index (χ3n) is 2.20. The molecule has 0 radical (unpaired) electrons. The number of hydrogen-bond acceptors (Lipinski definition) is 3. The van der Waals surface area contributed by atoms with Gasteiger partial charge in [-0.1, -0.05) is 22.0 Å². The molecular weight excluding hydrogens is 270 g/mol. The van der Waals surface area contributed by atoms with Crippen molar-refractivity contribution >= 4 is 15.9 Å². The summed E-state index contributed by atoms with van der Waals surface area (Å²) >= 11 is 3.43. The average Bonchev–Trinajstić information content (AvgIpc) is 2.71. The Hall–Kier alpha value is -1.29. The van der Waals surface area contributed by atoms with Gasteiger partial charge in [-0.2, -0.15) is 0 Å². The van der Waals surface area contributed by atoms with Crippen LogP contribution in [0.1, 0.15) is 12.5 Å². The zero-order chi connectivity index (χ0) is 11.5. The van der Waals surface area contributed by atoms with Crippen molar-refractivity contribution in [2.45, 2.75) is 13.8 Å². The van der Waals surface area contributed by atoms with Crippen LogP contribution in [0.3, 0.4) is 0 Å². The maximum atomic E-state index is 5.49. The van der Waals surface area contributed by atoms with Crippen LogP contribution in [0.4, 0.5) is 0 Å². The first kappa shape index (κ1) is 11.2. The molecule has 0 aliphatic carbocycles. The lowest BCUT2D eigenvalue weighted by Gasteiger charge is -2.01. The Morgan fingerprint density at radius 1 is 1.44 bits per heavy atom. The van der Waals surface area contributed by atoms with Gasteiger partial charge in [0, 0.05) is 10.0 Å². The number of ether oxygens (including phenoxy) is 1. The van der Waals surface area contributed by atoms with E-state index in [1.807, 2.05) is 32.0 Å². The molecule has 0 fully saturated rings. The standard InChI is InChI=1S/C12H12BrNO2/c1-3-15-11-7-14-12(16-11)10-6-9(13)5-4-8(10)2/h4-7H,3H2,1-2H3. The highest BCUT2D eigenvalue weighted by molar-refractivity contribution is 9.10. The van der Waals surface area contributed by atoms with E-state index in [0.29, 0.717) is 18.4 Å². The Balaban J connectivity index is 2.38. The Morgan fingerprint density at radius 3 is 3.00 bits per heavy atom. The second-order valence-corrected chi connectivity index (χ2v) is 4.29. The summed E-state index contributed by atoms with van der Waals surface area (Å²) in [6, 6.07) is 5.99. The van der Waals surface area contributed by atoms with Gasteiger partial charge in [0.25, 0.3) is 0 Å². The maximum Gasteiger partial charge on any atom is 0.305 e. The number of benzene rings is 1. The summed E-state index contributed by atoms with van der Waals surface area (Å²) in [5, 5.41) is 0. The molecule has 0 atom stereocenters. The highest BCUT2D eigenvalue weighted by Crippen LogP contribution is 2.28. The summed E-state index contributed by atoms with van der Waals surface area (Å²) < 4.78 is 11.7. The van der Waals surface area contributed by atoms with E-state index in [0.717, 1.165) is 15.6 Å². The van der Waals surface area contributed by atoms with Crippen LogP contribution in [0.15, 0.2) is 33.3 Å². The fraction of sp³-hybridized carbons (Fsp3) is 0.250. The van der Waals surface area contributed by atoms with Crippen molar-refractivity contribution in [1.82, 2.24) is 4.98 Å². The normalized spacial score (nSPS) is 10.4. The van der Waals surface area contributed by atoms with Gasteiger partial charge in [0.15, 0.2) is 0 Å². The quantitative estimate of drug-likeness (QED) is 0.858. The summed E-state index contributed by atoms with van der Waals surface area (Å²) in [4.78, 5) is 4.19. The Bertz CT molecular complexity index is 494. The summed E-state index contributed by atoms with van der Waals surface area (Å²) in [6.45, 7) is 4.50. The number of aryl methyl sites for hydroxylation is 1. The average molecular weight is 282 g/mol. The van der Waals surface area contributed by atoms with Gasteiger partial charge >= 0.3 is 5.95 Å². The first-order chi connectivity index (χ1) is 7.70. The second kappa shape index (κ2) is 4.70. The SMILES string of the molecule is CCOc1cnc(-c2cc(Br)ccc2C)o1. The van der Waals surface area contributed by atoms with Gasteiger partial charge in [-0.3, -0.25) is 0 Å². The molecule has 0 spiro atoms. The fourth-order valence-electron chi connectivity index (χ4n) is 1.42. The summed E-state index contributed by atoms with van der Waals surface area (Å²) in [5.74, 6) is 1.04. The zero-order valence-electron chi connectivity index (χ0n) is 9.16. The Morgan fingerprint density at radius 2 is 2.25 bits per heavy atom. The predicted octanol–water partition coefficient (Wildman–Crippen LogP) is 3.81. The van der Waals surface area contributed by atoms with Gasteiger partial charge < -0.3 is 9.15 Å². The first-order valence-corrected chi connectivity index (χ1v) is 5.85. The minimum Gasteiger partial charge on any atom is -0.464 e. The first-order valence-electron chi connectivity index (χ1n) is 5.06. The summed E-state index contributed by atoms with van der Waals surface area (Å²) in [5.41, 5.74) is 2.09. The number of halogens is 1. The van der Waals surface area contributed by atoms with Crippen molar-refractivity contribution in [3.63, 3.8) is 0 Å². The van der Waals surface area contributed by atoms with E-state index in [1.54, 1.807) is 6.20 Å². The van der Waals surface area contributed by atoms with Crippen molar-refractivity contribution in [2.24, 2.45) is 0 Å². The number of rotatable bonds is 3. The molecule has 0 aliphatic rings. The van der Waals surface area contributed by atoms with Crippen molar-refractivity contribution in [1.29, 1.82) is 0 Å². The molecule has 2 rings (SSSR count). The molecule has 1 aromatic carbocycles. The molecule has 0 saturated carbocycles. The lowest BCUT2D eigenvalue weighted by Crippen LogP contribution is -1.88. The van der Waals surface area contributed by atoms with Crippen molar-refractivity contribution < 1.29 is 9.15 Å². The smallest absolute Gasteiger partial charge is 0.305 e. The van der Waals surface area contributed by atoms with E-state index in [9.17, 15) is 0 Å². The van der Waals surface area contributed by atoms with Gasteiger partial charge in [0.2, 0.25) is 5.89 Å². The second-order valence-electron chi connectivity index (χ2n) is 3.38. The van der Waals surface area contributed by atoms with Crippen LogP contribution in [-0.2, 0) is 0 Å². The van der Waals surface area contributed by atoms with Crippen LogP contribution in [0.25, 0.3) is 11.5 Å². The molecule has 2 aromatic rings. The van der Waals surface area contributed by atoms with Crippen LogP contribution < -0.4 is 4.74 Å². The molecular formula is C12H12BrNO2. The van der Waals surface area contributed by atoms with Crippen LogP contribution in [0.5, 0.6) is 5.95 Å². The van der Waals surface area contributed by atoms with Crippen molar-refractivity contribution in [3.05, 3.63) is 34.4 Å². The summed E-state index contributed by atoms with van der Waals surface area (Å²) in [7, 11) is 0. The van der Waals surface area contributed by atoms with Crippen molar-refractivity contribution in [2.75, 3.05) is 6.61 Å². The van der Waals surface area contributed by atoms with Gasteiger partial charge in [-0.05, 0) is 31.5 Å². The van der Waals surface area contributed by atoms with E-state index in [1.165, 1.54) is 0 Å². The van der Waals surface area contributed by atoms with E-state index < -0.39 is 0 Å². The van der Waals surface area contributed by atoms with Crippen LogP contribution >= 0.6 is 15.9 Å². The highest BCUT2D eigenvalue weighted by Gasteiger charge is 2.10. The molecule has 84 valence electrons. The lowest BCUT2D eigenvalue weighted by atomic mass is 10.1. The third kappa shape index (κ3) is 2.27. The molecule has 1 aromatic heterocycles. The topological polar surface area (TPSA) is 35.3 Å². The fourth-order valence-corrected chi connectivity index (χ4v) is 1.78. The third-order valence-corrected chi connectivity index (χ3v) is 2.69. The zero-order valence-corrected chi connectivity index (χ0v) is 10.7. The number of oxazole rings is 1. The van der Waals surface area contributed by atoms with Gasteiger partial charge in [0.1, 0.15) is 6.20 Å². The molecule has 0 amide bonds. The molecule has 0 unspecified atom stereocenters. The summed E-state index contributed by atoms with van der Waals surface area (Å²) in [6.07, 6.45) is 1.60. The molecule has 3 nitrogen and oxygen atoms in total. The minimum absolute atomic E-state index is 0.455. The lowest BCUT2D eigenvalue weighted by molar-refractivity contribution is 0.260. The van der Waals surface area contributed by atoms with Crippen LogP contribution in [-0.4, -0.2) is 11.6 Å².